The molecule has 0 bridgehead atoms. The van der Waals surface area contributed by atoms with E-state index in [0.717, 1.165) is 4.68 Å². The van der Waals surface area contributed by atoms with Crippen molar-refractivity contribution >= 4 is 22.6 Å². The van der Waals surface area contributed by atoms with Gasteiger partial charge < -0.3 is 15.5 Å². The second kappa shape index (κ2) is 7.28. The van der Waals surface area contributed by atoms with Gasteiger partial charge in [-0.05, 0) is 23.8 Å². The average Bonchev–Trinajstić information content (AvgIpc) is 2.65. The number of aliphatic carboxylic acids is 1. The molecule has 0 saturated carbocycles. The van der Waals surface area contributed by atoms with Crippen LogP contribution >= 0.6 is 0 Å². The van der Waals surface area contributed by atoms with Crippen LogP contribution in [0.1, 0.15) is 16.1 Å². The van der Waals surface area contributed by atoms with Crippen LogP contribution in [0.5, 0.6) is 5.75 Å². The molecule has 138 valence electrons. The third-order valence-corrected chi connectivity index (χ3v) is 4.15. The second-order valence-electron chi connectivity index (χ2n) is 6.06. The lowest BCUT2D eigenvalue weighted by Gasteiger charge is -2.15. The summed E-state index contributed by atoms with van der Waals surface area (Å²) in [4.78, 5) is 36.4. The van der Waals surface area contributed by atoms with Crippen molar-refractivity contribution in [2.75, 3.05) is 0 Å². The van der Waals surface area contributed by atoms with Crippen LogP contribution in [0.2, 0.25) is 0 Å². The van der Waals surface area contributed by atoms with E-state index in [2.05, 4.69) is 10.4 Å². The molecule has 1 amide bonds. The number of nitrogens with zero attached hydrogens (tertiary/aromatic N) is 2. The summed E-state index contributed by atoms with van der Waals surface area (Å²) in [5.74, 6) is -1.82. The molecule has 8 nitrogen and oxygen atoms in total. The fourth-order valence-electron chi connectivity index (χ4n) is 2.76. The van der Waals surface area contributed by atoms with Gasteiger partial charge in [-0.2, -0.15) is 5.10 Å². The normalized spacial score (nSPS) is 11.9. The lowest BCUT2D eigenvalue weighted by Crippen LogP contribution is -2.43. The van der Waals surface area contributed by atoms with E-state index in [9.17, 15) is 24.6 Å². The first-order chi connectivity index (χ1) is 12.9. The molecule has 2 aromatic carbocycles. The Hall–Kier alpha value is -3.68. The molecule has 0 aliphatic rings. The number of aromatic nitrogens is 2. The standard InChI is InChI=1S/C19H17N3O5/c1-22-18(25)14-5-3-2-4-13(14)16(21-22)17(24)20-15(19(26)27)10-11-6-8-12(23)9-7-11/h2-9,15,23H,10H2,1H3,(H,20,24)(H,26,27)/t15-/m0/s1. The molecule has 0 saturated heterocycles. The summed E-state index contributed by atoms with van der Waals surface area (Å²) in [6, 6.07) is 11.4. The number of carboxylic acid groups (broad SMARTS) is 1. The first-order valence-corrected chi connectivity index (χ1v) is 8.14. The number of hydrogen-bond acceptors (Lipinski definition) is 5. The first kappa shape index (κ1) is 18.1. The minimum Gasteiger partial charge on any atom is -0.508 e. The van der Waals surface area contributed by atoms with Crippen molar-refractivity contribution in [3.05, 3.63) is 70.1 Å². The van der Waals surface area contributed by atoms with Crippen LogP contribution in [-0.4, -0.2) is 37.9 Å². The monoisotopic (exact) mass is 367 g/mol. The van der Waals surface area contributed by atoms with Crippen molar-refractivity contribution in [2.24, 2.45) is 7.05 Å². The topological polar surface area (TPSA) is 122 Å². The molecule has 1 heterocycles. The van der Waals surface area contributed by atoms with E-state index >= 15 is 0 Å². The molecule has 0 aliphatic heterocycles. The summed E-state index contributed by atoms with van der Waals surface area (Å²) in [6.45, 7) is 0. The van der Waals surface area contributed by atoms with Gasteiger partial charge >= 0.3 is 5.97 Å². The molecule has 1 atom stereocenters. The van der Waals surface area contributed by atoms with E-state index in [-0.39, 0.29) is 23.4 Å². The lowest BCUT2D eigenvalue weighted by molar-refractivity contribution is -0.139. The molecule has 3 aromatic rings. The number of benzene rings is 2. The van der Waals surface area contributed by atoms with Gasteiger partial charge in [-0.1, -0.05) is 30.3 Å². The molecule has 0 fully saturated rings. The Balaban J connectivity index is 1.92. The molecule has 3 rings (SSSR count). The Morgan fingerprint density at radius 2 is 1.74 bits per heavy atom. The van der Waals surface area contributed by atoms with E-state index in [1.807, 2.05) is 0 Å². The summed E-state index contributed by atoms with van der Waals surface area (Å²) < 4.78 is 1.05. The molecule has 0 aliphatic carbocycles. The van der Waals surface area contributed by atoms with Crippen molar-refractivity contribution < 1.29 is 19.8 Å². The van der Waals surface area contributed by atoms with Crippen LogP contribution in [0, 0.1) is 0 Å². The number of phenols is 1. The zero-order valence-electron chi connectivity index (χ0n) is 14.4. The average molecular weight is 367 g/mol. The SMILES string of the molecule is Cn1nc(C(=O)N[C@@H](Cc2ccc(O)cc2)C(=O)O)c2ccccc2c1=O. The van der Waals surface area contributed by atoms with Crippen LogP contribution in [0.15, 0.2) is 53.3 Å². The highest BCUT2D eigenvalue weighted by molar-refractivity contribution is 6.05. The van der Waals surface area contributed by atoms with Crippen molar-refractivity contribution in [1.29, 1.82) is 0 Å². The predicted octanol–water partition coefficient (Wildman–Crippen LogP) is 1.06. The van der Waals surface area contributed by atoms with Crippen LogP contribution in [0.3, 0.4) is 0 Å². The van der Waals surface area contributed by atoms with Gasteiger partial charge in [0.25, 0.3) is 11.5 Å². The Morgan fingerprint density at radius 1 is 1.11 bits per heavy atom. The fourth-order valence-corrected chi connectivity index (χ4v) is 2.76. The maximum absolute atomic E-state index is 12.7. The first-order valence-electron chi connectivity index (χ1n) is 8.14. The van der Waals surface area contributed by atoms with Crippen LogP contribution in [0.4, 0.5) is 0 Å². The second-order valence-corrected chi connectivity index (χ2v) is 6.06. The van der Waals surface area contributed by atoms with Gasteiger partial charge in [0.1, 0.15) is 11.8 Å². The molecular weight excluding hydrogens is 350 g/mol. The Bertz CT molecular complexity index is 1070. The van der Waals surface area contributed by atoms with Crippen LogP contribution < -0.4 is 10.9 Å². The highest BCUT2D eigenvalue weighted by Gasteiger charge is 2.24. The van der Waals surface area contributed by atoms with E-state index < -0.39 is 17.9 Å². The number of phenolic OH excluding ortho intramolecular Hbond substituents is 1. The maximum atomic E-state index is 12.7. The third-order valence-electron chi connectivity index (χ3n) is 4.15. The van der Waals surface area contributed by atoms with Gasteiger partial charge in [-0.25, -0.2) is 9.48 Å². The number of hydrogen-bond donors (Lipinski definition) is 3. The van der Waals surface area contributed by atoms with Crippen LogP contribution in [-0.2, 0) is 18.3 Å². The summed E-state index contributed by atoms with van der Waals surface area (Å²) in [6.07, 6.45) is 0.0328. The molecule has 0 spiro atoms. The lowest BCUT2D eigenvalue weighted by atomic mass is 10.1. The zero-order chi connectivity index (χ0) is 19.6. The molecular formula is C19H17N3O5. The van der Waals surface area contributed by atoms with Crippen molar-refractivity contribution in [1.82, 2.24) is 15.1 Å². The number of aryl methyl sites for hydroxylation is 1. The Labute approximate surface area is 153 Å². The van der Waals surface area contributed by atoms with E-state index in [1.54, 1.807) is 36.4 Å². The minimum absolute atomic E-state index is 0.0235. The largest absolute Gasteiger partial charge is 0.508 e. The van der Waals surface area contributed by atoms with E-state index in [0.29, 0.717) is 16.3 Å². The van der Waals surface area contributed by atoms with Crippen molar-refractivity contribution in [3.8, 4) is 5.75 Å². The van der Waals surface area contributed by atoms with Gasteiger partial charge in [-0.3, -0.25) is 9.59 Å². The quantitative estimate of drug-likeness (QED) is 0.620. The molecule has 1 aromatic heterocycles. The van der Waals surface area contributed by atoms with Crippen molar-refractivity contribution in [2.45, 2.75) is 12.5 Å². The van der Waals surface area contributed by atoms with Crippen LogP contribution in [0.25, 0.3) is 10.8 Å². The number of carboxylic acids is 1. The smallest absolute Gasteiger partial charge is 0.326 e. The number of rotatable bonds is 5. The van der Waals surface area contributed by atoms with Gasteiger partial charge in [0, 0.05) is 18.9 Å². The number of amides is 1. The number of fused-ring (bicyclic) bond motifs is 1. The molecule has 3 N–H and O–H groups in total. The number of carbonyl (C=O) groups is 2. The van der Waals surface area contributed by atoms with Crippen molar-refractivity contribution in [3.63, 3.8) is 0 Å². The molecule has 8 heteroatoms. The highest BCUT2D eigenvalue weighted by atomic mass is 16.4. The van der Waals surface area contributed by atoms with Gasteiger partial charge in [0.15, 0.2) is 5.69 Å². The Morgan fingerprint density at radius 3 is 2.37 bits per heavy atom. The number of aromatic hydroxyl groups is 1. The number of carbonyl (C=O) groups excluding carboxylic acids is 1. The third kappa shape index (κ3) is 3.79. The molecule has 0 unspecified atom stereocenters. The minimum atomic E-state index is -1.20. The van der Waals surface area contributed by atoms with Gasteiger partial charge in [0.05, 0.1) is 5.39 Å². The van der Waals surface area contributed by atoms with E-state index in [1.165, 1.54) is 19.2 Å². The predicted molar refractivity (Wildman–Crippen MR) is 97.7 cm³/mol. The summed E-state index contributed by atoms with van der Waals surface area (Å²) in [7, 11) is 1.43. The zero-order valence-corrected chi connectivity index (χ0v) is 14.4. The molecule has 0 radical (unpaired) electrons. The van der Waals surface area contributed by atoms with Gasteiger partial charge in [-0.15, -0.1) is 0 Å². The highest BCUT2D eigenvalue weighted by Crippen LogP contribution is 2.14. The van der Waals surface area contributed by atoms with Gasteiger partial charge in [0.2, 0.25) is 0 Å². The Kier molecular flexibility index (Phi) is 4.89. The van der Waals surface area contributed by atoms with E-state index in [4.69, 9.17) is 0 Å². The molecule has 27 heavy (non-hydrogen) atoms. The number of nitrogens with one attached hydrogen (secondary N) is 1. The summed E-state index contributed by atoms with van der Waals surface area (Å²) >= 11 is 0. The summed E-state index contributed by atoms with van der Waals surface area (Å²) in [5.41, 5.74) is 0.268. The summed E-state index contributed by atoms with van der Waals surface area (Å²) in [5, 5.41) is 25.9. The fraction of sp³-hybridized carbons (Fsp3) is 0.158. The maximum Gasteiger partial charge on any atom is 0.326 e.